The van der Waals surface area contributed by atoms with Crippen molar-refractivity contribution in [3.8, 4) is 0 Å². The Hall–Kier alpha value is -0.900. The summed E-state index contributed by atoms with van der Waals surface area (Å²) in [6, 6.07) is 11.2. The molecule has 0 aromatic heterocycles. The third kappa shape index (κ3) is 39.6. The van der Waals surface area contributed by atoms with E-state index in [1.165, 1.54) is 247 Å². The van der Waals surface area contributed by atoms with Crippen molar-refractivity contribution in [2.75, 3.05) is 256 Å². The Labute approximate surface area is 775 Å². The zero-order valence-electron chi connectivity index (χ0n) is 88.2. The molecule has 2 bridgehead atoms. The first-order chi connectivity index (χ1) is 58.6. The van der Waals surface area contributed by atoms with Crippen LogP contribution in [0.4, 0.5) is 0 Å². The molecule has 11 aliphatic heterocycles. The van der Waals surface area contributed by atoms with E-state index in [-0.39, 0.29) is 5.92 Å². The molecule has 1 aliphatic carbocycles. The summed E-state index contributed by atoms with van der Waals surface area (Å²) in [5, 5.41) is 0.780. The summed E-state index contributed by atoms with van der Waals surface area (Å²) in [4.78, 5) is 58.9. The maximum Gasteiger partial charge on any atom is 0.225 e. The van der Waals surface area contributed by atoms with Crippen molar-refractivity contribution in [1.82, 2.24) is 88.2 Å². The van der Waals surface area contributed by atoms with E-state index in [2.05, 4.69) is 310 Å². The number of rotatable bonds is 32. The second-order valence-corrected chi connectivity index (χ2v) is 46.8. The van der Waals surface area contributed by atoms with Crippen molar-refractivity contribution in [2.24, 2.45) is 35.5 Å². The predicted octanol–water partition coefficient (Wildman–Crippen LogP) is 14.5. The molecule has 1 saturated carbocycles. The predicted molar refractivity (Wildman–Crippen MR) is 540 cm³/mol. The van der Waals surface area contributed by atoms with Crippen LogP contribution in [0, 0.1) is 35.5 Å². The molecule has 11 heterocycles. The Morgan fingerprint density at radius 2 is 0.758 bits per heavy atom. The highest BCUT2D eigenvalue weighted by molar-refractivity contribution is 7.99. The molecule has 12 rings (SSSR count). The lowest BCUT2D eigenvalue weighted by Crippen LogP contribution is -2.62. The van der Waals surface area contributed by atoms with Gasteiger partial charge in [-0.3, -0.25) is 58.7 Å². The number of thioether (sulfide) groups is 1. The van der Waals surface area contributed by atoms with E-state index in [0.29, 0.717) is 54.3 Å². The summed E-state index contributed by atoms with van der Waals surface area (Å²) in [6.45, 7) is 113. The Bertz CT molecular complexity index is 2650. The molecule has 1 unspecified atom stereocenters. The van der Waals surface area contributed by atoms with Crippen molar-refractivity contribution < 1.29 is 9.53 Å². The number of hydrogen-bond acceptors (Lipinski definition) is 20. The van der Waals surface area contributed by atoms with Crippen LogP contribution in [0.5, 0.6) is 0 Å². The Balaban J connectivity index is 0.000000224. The number of piperazine rings is 5. The van der Waals surface area contributed by atoms with Gasteiger partial charge in [0.25, 0.3) is 0 Å². The van der Waals surface area contributed by atoms with E-state index >= 15 is 0 Å². The highest BCUT2D eigenvalue weighted by Crippen LogP contribution is 2.43. The number of amides is 1. The fraction of sp³-hybridized carbons (Fsp3) is 0.990. The van der Waals surface area contributed by atoms with Crippen molar-refractivity contribution in [2.45, 2.75) is 374 Å². The molecule has 0 aromatic rings. The summed E-state index contributed by atoms with van der Waals surface area (Å²) in [6.07, 6.45) is 12.3. The van der Waals surface area contributed by atoms with Crippen LogP contribution in [0.1, 0.15) is 265 Å². The minimum Gasteiger partial charge on any atom is -0.377 e. The standard InChI is InChI=1S/C17H33N3.C17H35N3.C16H31N3O.C14H29N3.C14H30N2.C13H28N2O.C12H26N2S/c1-13(2)19-7-5-18(6-8-19)11-15-9-17-10-16(15)12-20(17)14(3)4;1-15(2)19-9-6-17(7-10-19)5-8-18-11-13-20(14-12-18)16(3)4;1-12(2)18-8-6-14(7-9-18)16(20)17(5)15-10-19(11-15)13(3)4;1-12(2)16-7-5-15(6-8-16)9-14-10-17(11-14)13(3)4;1-11(2)7-8-16-13(5)9-15(12(3)4)10-14(16)6;1-11(2)15-7-6-13(10-15)14(5)8-9-16-12(3)4;1-11(2)14-7-5-13(6-8-14)9-10-15-12(3)4/h13-17H,5-12H2,1-4H3;15-17H,5-14H2,1-4H3;12-15H,6-11H2,1-5H3;12-14H,5-11H2,1-4H3;11-14H,7-10H2,1-6H3;11-13H,6-10H2,1-5H3;11-12H,5-10H2,1-4H3/t15-,16+,17-;;;;13-,14-;;/m1...1../s1. The molecule has 124 heavy (non-hydrogen) atoms. The topological polar surface area (TPSA) is 84.6 Å². The number of fused-ring (bicyclic) bond motifs is 2. The molecule has 20 nitrogen and oxygen atoms in total. The quantitative estimate of drug-likeness (QED) is 0.0640. The SMILES string of the molecule is CC(C)CCN1[C@H](C)CN(C(C)C)C[C@H]1C.CC(C)N1CCC(C(=O)N(C)C2CN(C(C)C)C2)CC1.CC(C)N1CCC(CCN2CCN(C(C)C)CC2)CC1.CC(C)N1CCN(CC2CN(C(C)C)C2)CC1.CC(C)N1CCN(C[C@H]2C[C@@H]3C[C@H]2CN3C(C)C)CC1.CC(C)OCCN(C)C1CCN(C(C)C)C1.CC(C)SCCN1CCN(C(C)C)CC1. The van der Waals surface area contributed by atoms with Crippen molar-refractivity contribution >= 4 is 17.7 Å². The van der Waals surface area contributed by atoms with Crippen LogP contribution in [0.15, 0.2) is 0 Å². The summed E-state index contributed by atoms with van der Waals surface area (Å²) >= 11 is 2.08. The van der Waals surface area contributed by atoms with Crippen LogP contribution >= 0.6 is 11.8 Å². The summed E-state index contributed by atoms with van der Waals surface area (Å²) in [7, 11) is 4.22. The van der Waals surface area contributed by atoms with Gasteiger partial charge in [0.05, 0.1) is 18.8 Å². The lowest BCUT2D eigenvalue weighted by atomic mass is 9.92. The summed E-state index contributed by atoms with van der Waals surface area (Å²) < 4.78 is 5.59. The van der Waals surface area contributed by atoms with Gasteiger partial charge in [-0.25, -0.2) is 0 Å². The first-order valence-corrected chi connectivity index (χ1v) is 53.6. The van der Waals surface area contributed by atoms with Crippen molar-refractivity contribution in [3.63, 3.8) is 0 Å². The largest absolute Gasteiger partial charge is 0.377 e. The molecule has 12 fully saturated rings. The smallest absolute Gasteiger partial charge is 0.225 e. The van der Waals surface area contributed by atoms with Crippen molar-refractivity contribution in [1.29, 1.82) is 0 Å². The second kappa shape index (κ2) is 57.7. The summed E-state index contributed by atoms with van der Waals surface area (Å²) in [5.41, 5.74) is 0. The lowest BCUT2D eigenvalue weighted by Gasteiger charge is -2.47. The summed E-state index contributed by atoms with van der Waals surface area (Å²) in [5.74, 6) is 6.63. The van der Waals surface area contributed by atoms with Crippen LogP contribution in [-0.4, -0.2) is 458 Å². The van der Waals surface area contributed by atoms with E-state index in [1.54, 1.807) is 0 Å². The molecule has 12 aliphatic rings. The van der Waals surface area contributed by atoms with Gasteiger partial charge < -0.3 is 39.0 Å². The first kappa shape index (κ1) is 112. The van der Waals surface area contributed by atoms with Gasteiger partial charge in [0.1, 0.15) is 0 Å². The minimum atomic E-state index is 0.253. The van der Waals surface area contributed by atoms with E-state index < -0.39 is 0 Å². The van der Waals surface area contributed by atoms with Crippen molar-refractivity contribution in [3.05, 3.63) is 0 Å². The van der Waals surface area contributed by atoms with Gasteiger partial charge >= 0.3 is 0 Å². The van der Waals surface area contributed by atoms with Crippen LogP contribution < -0.4 is 0 Å². The van der Waals surface area contributed by atoms with Crippen LogP contribution in [0.3, 0.4) is 0 Å². The van der Waals surface area contributed by atoms with E-state index in [9.17, 15) is 4.79 Å². The van der Waals surface area contributed by atoms with Gasteiger partial charge in [-0.2, -0.15) is 11.8 Å². The number of carbonyl (C=O) groups excluding carboxylic acids is 1. The Morgan fingerprint density at radius 1 is 0.371 bits per heavy atom. The third-order valence-corrected chi connectivity index (χ3v) is 32.2. The number of hydrogen-bond donors (Lipinski definition) is 0. The average molecular weight is 1770 g/mol. The van der Waals surface area contributed by atoms with Gasteiger partial charge in [0, 0.05) is 299 Å². The lowest BCUT2D eigenvalue weighted by molar-refractivity contribution is -0.142. The number of ether oxygens (including phenoxy) is 1. The number of likely N-dealkylation sites (N-methyl/N-ethyl adjacent to an activating group) is 2. The fourth-order valence-electron chi connectivity index (χ4n) is 21.4. The van der Waals surface area contributed by atoms with E-state index in [1.807, 2.05) is 11.9 Å². The maximum atomic E-state index is 12.6. The minimum absolute atomic E-state index is 0.253. The molecule has 0 radical (unpaired) electrons. The number of piperidine rings is 3. The highest BCUT2D eigenvalue weighted by atomic mass is 32.2. The normalized spacial score (nSPS) is 26.4. The second-order valence-electron chi connectivity index (χ2n) is 45.1. The highest BCUT2D eigenvalue weighted by Gasteiger charge is 2.46. The van der Waals surface area contributed by atoms with Gasteiger partial charge in [0.2, 0.25) is 5.91 Å². The molecular formula is C103H212N18O2S. The van der Waals surface area contributed by atoms with Crippen LogP contribution in [0.25, 0.3) is 0 Å². The molecular weight excluding hydrogens is 1550 g/mol. The van der Waals surface area contributed by atoms with Gasteiger partial charge in [-0.05, 0) is 319 Å². The van der Waals surface area contributed by atoms with Gasteiger partial charge in [-0.15, -0.1) is 0 Å². The molecule has 21 heteroatoms. The zero-order chi connectivity index (χ0) is 91.8. The molecule has 11 saturated heterocycles. The zero-order valence-corrected chi connectivity index (χ0v) is 89.0. The van der Waals surface area contributed by atoms with E-state index in [4.69, 9.17) is 4.74 Å². The molecule has 1 amide bonds. The molecule has 6 atom stereocenters. The Morgan fingerprint density at radius 3 is 1.15 bits per heavy atom. The molecule has 732 valence electrons. The molecule has 0 N–H and O–H groups in total. The maximum absolute atomic E-state index is 12.6. The molecule has 0 aromatic carbocycles. The van der Waals surface area contributed by atoms with Crippen LogP contribution in [-0.2, 0) is 9.53 Å². The molecule has 0 spiro atoms. The average Bonchev–Trinajstić information content (AvgIpc) is 1.62. The number of likely N-dealkylation sites (tertiary alicyclic amines) is 6. The van der Waals surface area contributed by atoms with Crippen LogP contribution in [0.2, 0.25) is 0 Å². The fourth-order valence-corrected chi connectivity index (χ4v) is 22.3. The number of carbonyl (C=O) groups is 1. The third-order valence-electron chi connectivity index (χ3n) is 31.2. The van der Waals surface area contributed by atoms with E-state index in [0.717, 1.165) is 141 Å². The number of nitrogens with zero attached hydrogens (tertiary/aromatic N) is 18. The van der Waals surface area contributed by atoms with Gasteiger partial charge in [0.15, 0.2) is 0 Å². The Kier molecular flexibility index (Phi) is 52.1. The first-order valence-electron chi connectivity index (χ1n) is 52.6. The van der Waals surface area contributed by atoms with Gasteiger partial charge in [-0.1, -0.05) is 27.7 Å². The monoisotopic (exact) mass is 1770 g/mol.